The zero-order chi connectivity index (χ0) is 18.8. The standard InChI is InChI=1S/C19H21ClN4O2S/c20-16-4-2-1-3-12(16)9-15-10-21-19(27-15)23-18(26)17(25)22-13-7-8-24(11-13)14-5-6-14/h1-4,10,13-14H,5-9,11H2,(H,22,25)(H,21,23,26)/t13-/m0/s1. The minimum absolute atomic E-state index is 0.0518. The van der Waals surface area contributed by atoms with Crippen molar-refractivity contribution in [2.75, 3.05) is 18.4 Å². The molecule has 0 bridgehead atoms. The third-order valence-corrected chi connectivity index (χ3v) is 6.20. The number of nitrogens with zero attached hydrogens (tertiary/aromatic N) is 2. The molecule has 1 atom stereocenters. The van der Waals surface area contributed by atoms with E-state index in [0.717, 1.165) is 30.0 Å². The van der Waals surface area contributed by atoms with Crippen LogP contribution in [0.3, 0.4) is 0 Å². The van der Waals surface area contributed by atoms with Gasteiger partial charge >= 0.3 is 11.8 Å². The number of anilines is 1. The molecule has 0 unspecified atom stereocenters. The van der Waals surface area contributed by atoms with Crippen molar-refractivity contribution in [2.24, 2.45) is 0 Å². The number of halogens is 1. The molecule has 1 saturated carbocycles. The fourth-order valence-electron chi connectivity index (χ4n) is 3.36. The van der Waals surface area contributed by atoms with Gasteiger partial charge in [0, 0.05) is 47.7 Å². The first-order valence-electron chi connectivity index (χ1n) is 9.12. The number of amides is 2. The Morgan fingerprint density at radius 2 is 2.04 bits per heavy atom. The number of rotatable bonds is 5. The number of benzene rings is 1. The molecule has 0 radical (unpaired) electrons. The Balaban J connectivity index is 1.28. The summed E-state index contributed by atoms with van der Waals surface area (Å²) in [5, 5.41) is 6.55. The number of carbonyl (C=O) groups excluding carboxylic acids is 2. The Morgan fingerprint density at radius 1 is 1.22 bits per heavy atom. The first-order valence-corrected chi connectivity index (χ1v) is 10.3. The van der Waals surface area contributed by atoms with Crippen LogP contribution < -0.4 is 10.6 Å². The van der Waals surface area contributed by atoms with Gasteiger partial charge in [0.1, 0.15) is 0 Å². The molecule has 2 aliphatic rings. The summed E-state index contributed by atoms with van der Waals surface area (Å²) in [5.41, 5.74) is 1.000. The second-order valence-electron chi connectivity index (χ2n) is 7.04. The first kappa shape index (κ1) is 18.4. The van der Waals surface area contributed by atoms with E-state index < -0.39 is 11.8 Å². The van der Waals surface area contributed by atoms with E-state index in [1.54, 1.807) is 6.20 Å². The third-order valence-electron chi connectivity index (χ3n) is 4.92. The molecule has 8 heteroatoms. The molecule has 4 rings (SSSR count). The Kier molecular flexibility index (Phi) is 5.43. The summed E-state index contributed by atoms with van der Waals surface area (Å²) in [5.74, 6) is -1.26. The van der Waals surface area contributed by atoms with Gasteiger partial charge in [0.25, 0.3) is 0 Å². The molecule has 1 aliphatic carbocycles. The molecule has 2 fully saturated rings. The lowest BCUT2D eigenvalue weighted by Crippen LogP contribution is -2.43. The number of nitrogens with one attached hydrogen (secondary N) is 2. The summed E-state index contributed by atoms with van der Waals surface area (Å²) in [4.78, 5) is 31.9. The van der Waals surface area contributed by atoms with Crippen LogP contribution in [0.15, 0.2) is 30.5 Å². The van der Waals surface area contributed by atoms with E-state index in [2.05, 4.69) is 20.5 Å². The average molecular weight is 405 g/mol. The molecule has 2 amide bonds. The van der Waals surface area contributed by atoms with E-state index in [0.29, 0.717) is 22.6 Å². The highest BCUT2D eigenvalue weighted by molar-refractivity contribution is 7.15. The fraction of sp³-hybridized carbons (Fsp3) is 0.421. The van der Waals surface area contributed by atoms with Gasteiger partial charge < -0.3 is 5.32 Å². The van der Waals surface area contributed by atoms with E-state index in [9.17, 15) is 9.59 Å². The zero-order valence-electron chi connectivity index (χ0n) is 14.8. The van der Waals surface area contributed by atoms with Crippen molar-refractivity contribution in [3.63, 3.8) is 0 Å². The summed E-state index contributed by atoms with van der Waals surface area (Å²) in [6, 6.07) is 8.36. The van der Waals surface area contributed by atoms with E-state index in [4.69, 9.17) is 11.6 Å². The molecule has 6 nitrogen and oxygen atoms in total. The highest BCUT2D eigenvalue weighted by atomic mass is 35.5. The number of aromatic nitrogens is 1. The lowest BCUT2D eigenvalue weighted by Gasteiger charge is -2.15. The van der Waals surface area contributed by atoms with Crippen LogP contribution in [-0.2, 0) is 16.0 Å². The maximum Gasteiger partial charge on any atom is 0.315 e. The van der Waals surface area contributed by atoms with Crippen molar-refractivity contribution in [1.82, 2.24) is 15.2 Å². The molecule has 2 heterocycles. The van der Waals surface area contributed by atoms with Crippen molar-refractivity contribution in [3.05, 3.63) is 45.9 Å². The number of likely N-dealkylation sites (tertiary alicyclic amines) is 1. The van der Waals surface area contributed by atoms with Gasteiger partial charge in [0.2, 0.25) is 0 Å². The van der Waals surface area contributed by atoms with Crippen LogP contribution in [0.2, 0.25) is 5.02 Å². The minimum Gasteiger partial charge on any atom is -0.344 e. The van der Waals surface area contributed by atoms with Crippen molar-refractivity contribution < 1.29 is 9.59 Å². The number of hydrogen-bond acceptors (Lipinski definition) is 5. The summed E-state index contributed by atoms with van der Waals surface area (Å²) in [6.45, 7) is 1.83. The summed E-state index contributed by atoms with van der Waals surface area (Å²) in [6.07, 6.45) is 5.74. The Morgan fingerprint density at radius 3 is 2.81 bits per heavy atom. The van der Waals surface area contributed by atoms with Gasteiger partial charge in [-0.1, -0.05) is 29.8 Å². The van der Waals surface area contributed by atoms with Gasteiger partial charge in [0.15, 0.2) is 5.13 Å². The topological polar surface area (TPSA) is 74.3 Å². The smallest absolute Gasteiger partial charge is 0.315 e. The lowest BCUT2D eigenvalue weighted by molar-refractivity contribution is -0.136. The average Bonchev–Trinajstić information content (AvgIpc) is 3.25. The molecule has 2 N–H and O–H groups in total. The summed E-state index contributed by atoms with van der Waals surface area (Å²) >= 11 is 7.53. The fourth-order valence-corrected chi connectivity index (χ4v) is 4.39. The molecule has 1 aromatic carbocycles. The molecule has 0 spiro atoms. The Bertz CT molecular complexity index is 852. The SMILES string of the molecule is O=C(Nc1ncc(Cc2ccccc2Cl)s1)C(=O)N[C@H]1CCN(C2CC2)C1. The molecular weight excluding hydrogens is 384 g/mol. The van der Waals surface area contributed by atoms with Crippen LogP contribution in [0.1, 0.15) is 29.7 Å². The van der Waals surface area contributed by atoms with Crippen LogP contribution >= 0.6 is 22.9 Å². The molecule has 1 aromatic heterocycles. The number of hydrogen-bond donors (Lipinski definition) is 2. The normalized spacial score (nSPS) is 19.8. The highest BCUT2D eigenvalue weighted by Gasteiger charge is 2.35. The van der Waals surface area contributed by atoms with Crippen molar-refractivity contribution in [1.29, 1.82) is 0 Å². The Hall–Kier alpha value is -1.96. The van der Waals surface area contributed by atoms with Gasteiger partial charge in [-0.25, -0.2) is 4.98 Å². The van der Waals surface area contributed by atoms with Crippen LogP contribution in [-0.4, -0.2) is 46.9 Å². The summed E-state index contributed by atoms with van der Waals surface area (Å²) < 4.78 is 0. The number of carbonyl (C=O) groups is 2. The number of thiazole rings is 1. The minimum atomic E-state index is -0.668. The monoisotopic (exact) mass is 404 g/mol. The predicted octanol–water partition coefficient (Wildman–Crippen LogP) is 2.68. The lowest BCUT2D eigenvalue weighted by atomic mass is 10.1. The maximum absolute atomic E-state index is 12.2. The Labute approximate surface area is 166 Å². The molecule has 27 heavy (non-hydrogen) atoms. The second kappa shape index (κ2) is 7.96. The van der Waals surface area contributed by atoms with E-state index in [1.165, 1.54) is 24.2 Å². The van der Waals surface area contributed by atoms with E-state index in [1.807, 2.05) is 24.3 Å². The zero-order valence-corrected chi connectivity index (χ0v) is 16.4. The van der Waals surface area contributed by atoms with Crippen molar-refractivity contribution in [3.8, 4) is 0 Å². The van der Waals surface area contributed by atoms with Crippen LogP contribution in [0, 0.1) is 0 Å². The van der Waals surface area contributed by atoms with Crippen molar-refractivity contribution in [2.45, 2.75) is 37.8 Å². The largest absolute Gasteiger partial charge is 0.344 e. The molecule has 1 aliphatic heterocycles. The van der Waals surface area contributed by atoms with Crippen LogP contribution in [0.25, 0.3) is 0 Å². The summed E-state index contributed by atoms with van der Waals surface area (Å²) in [7, 11) is 0. The molecule has 2 aromatic rings. The molecule has 142 valence electrons. The van der Waals surface area contributed by atoms with Gasteiger partial charge in [-0.15, -0.1) is 11.3 Å². The van der Waals surface area contributed by atoms with Gasteiger partial charge in [-0.2, -0.15) is 0 Å². The quantitative estimate of drug-likeness (QED) is 0.751. The van der Waals surface area contributed by atoms with Gasteiger partial charge in [-0.05, 0) is 30.9 Å². The maximum atomic E-state index is 12.2. The van der Waals surface area contributed by atoms with Crippen LogP contribution in [0.5, 0.6) is 0 Å². The van der Waals surface area contributed by atoms with Gasteiger partial charge in [-0.3, -0.25) is 19.8 Å². The van der Waals surface area contributed by atoms with Crippen molar-refractivity contribution >= 4 is 39.9 Å². The molecular formula is C19H21ClN4O2S. The third kappa shape index (κ3) is 4.66. The van der Waals surface area contributed by atoms with E-state index >= 15 is 0 Å². The van der Waals surface area contributed by atoms with Crippen LogP contribution in [0.4, 0.5) is 5.13 Å². The van der Waals surface area contributed by atoms with Gasteiger partial charge in [0.05, 0.1) is 0 Å². The second-order valence-corrected chi connectivity index (χ2v) is 8.56. The highest BCUT2D eigenvalue weighted by Crippen LogP contribution is 2.29. The molecule has 1 saturated heterocycles. The predicted molar refractivity (Wildman–Crippen MR) is 106 cm³/mol. The first-order chi connectivity index (χ1) is 13.1. The van der Waals surface area contributed by atoms with E-state index in [-0.39, 0.29) is 6.04 Å².